The van der Waals surface area contributed by atoms with Crippen molar-refractivity contribution in [1.29, 1.82) is 0 Å². The van der Waals surface area contributed by atoms with Gasteiger partial charge in [-0.3, -0.25) is 4.98 Å². The first-order valence-electron chi connectivity index (χ1n) is 4.92. The molecule has 0 saturated carbocycles. The van der Waals surface area contributed by atoms with Crippen LogP contribution in [0.2, 0.25) is 0 Å². The van der Waals surface area contributed by atoms with E-state index in [4.69, 9.17) is 11.6 Å². The molecule has 78 valence electrons. The van der Waals surface area contributed by atoms with E-state index in [2.05, 4.69) is 30.2 Å². The minimum atomic E-state index is 0.372. The first-order chi connectivity index (χ1) is 6.74. The van der Waals surface area contributed by atoms with Crippen molar-refractivity contribution in [3.05, 3.63) is 30.1 Å². The van der Waals surface area contributed by atoms with Gasteiger partial charge in [-0.1, -0.05) is 19.9 Å². The number of halogens is 1. The minimum Gasteiger partial charge on any atom is -0.308 e. The van der Waals surface area contributed by atoms with Crippen LogP contribution in [-0.4, -0.2) is 16.9 Å². The van der Waals surface area contributed by atoms with Crippen molar-refractivity contribution in [3.8, 4) is 0 Å². The smallest absolute Gasteiger partial charge is 0.0380 e. The summed E-state index contributed by atoms with van der Waals surface area (Å²) in [7, 11) is 0. The Labute approximate surface area is 90.7 Å². The predicted molar refractivity (Wildman–Crippen MR) is 60.4 cm³/mol. The summed E-state index contributed by atoms with van der Waals surface area (Å²) in [5.74, 6) is 1.21. The number of hydrogen-bond donors (Lipinski definition) is 1. The summed E-state index contributed by atoms with van der Waals surface area (Å²) in [5, 5.41) is 3.41. The molecular weight excluding hydrogens is 196 g/mol. The molecular formula is C11H17ClN2. The van der Waals surface area contributed by atoms with Gasteiger partial charge in [-0.05, 0) is 17.5 Å². The quantitative estimate of drug-likeness (QED) is 0.759. The highest BCUT2D eigenvalue weighted by Crippen LogP contribution is 2.05. The third-order valence-corrected chi connectivity index (χ3v) is 2.59. The lowest BCUT2D eigenvalue weighted by Crippen LogP contribution is -2.34. The number of alkyl halides is 1. The summed E-state index contributed by atoms with van der Waals surface area (Å²) in [4.78, 5) is 4.06. The van der Waals surface area contributed by atoms with Gasteiger partial charge in [-0.25, -0.2) is 0 Å². The summed E-state index contributed by atoms with van der Waals surface area (Å²) in [6, 6.07) is 4.38. The van der Waals surface area contributed by atoms with Crippen molar-refractivity contribution < 1.29 is 0 Å². The monoisotopic (exact) mass is 212 g/mol. The molecule has 0 radical (unpaired) electrons. The Kier molecular flexibility index (Phi) is 4.91. The molecule has 0 bridgehead atoms. The van der Waals surface area contributed by atoms with E-state index >= 15 is 0 Å². The first-order valence-corrected chi connectivity index (χ1v) is 5.45. The lowest BCUT2D eigenvalue weighted by Gasteiger charge is -2.19. The van der Waals surface area contributed by atoms with Crippen molar-refractivity contribution in [2.24, 2.45) is 5.92 Å². The van der Waals surface area contributed by atoms with Crippen LogP contribution in [0.1, 0.15) is 19.4 Å². The maximum atomic E-state index is 5.85. The number of pyridine rings is 1. The van der Waals surface area contributed by atoms with Crippen LogP contribution in [0.25, 0.3) is 0 Å². The third-order valence-electron chi connectivity index (χ3n) is 2.26. The average molecular weight is 213 g/mol. The SMILES string of the molecule is CC(C)C(CCl)NCc1cccnc1. The van der Waals surface area contributed by atoms with E-state index in [1.165, 1.54) is 5.56 Å². The van der Waals surface area contributed by atoms with E-state index < -0.39 is 0 Å². The number of hydrogen-bond acceptors (Lipinski definition) is 2. The molecule has 0 saturated heterocycles. The highest BCUT2D eigenvalue weighted by Gasteiger charge is 2.10. The molecule has 1 heterocycles. The molecule has 14 heavy (non-hydrogen) atoms. The van der Waals surface area contributed by atoms with E-state index in [9.17, 15) is 0 Å². The molecule has 0 spiro atoms. The van der Waals surface area contributed by atoms with Gasteiger partial charge in [-0.15, -0.1) is 11.6 Å². The fourth-order valence-corrected chi connectivity index (χ4v) is 1.69. The molecule has 1 aromatic heterocycles. The first kappa shape index (κ1) is 11.5. The normalized spacial score (nSPS) is 13.1. The van der Waals surface area contributed by atoms with Crippen molar-refractivity contribution in [2.45, 2.75) is 26.4 Å². The Morgan fingerprint density at radius 3 is 2.79 bits per heavy atom. The minimum absolute atomic E-state index is 0.372. The second kappa shape index (κ2) is 5.99. The molecule has 0 fully saturated rings. The molecule has 0 aliphatic carbocycles. The van der Waals surface area contributed by atoms with E-state index in [0.29, 0.717) is 17.8 Å². The van der Waals surface area contributed by atoms with Gasteiger partial charge >= 0.3 is 0 Å². The van der Waals surface area contributed by atoms with Crippen LogP contribution in [0, 0.1) is 5.92 Å². The summed E-state index contributed by atoms with van der Waals surface area (Å²) < 4.78 is 0. The zero-order valence-corrected chi connectivity index (χ0v) is 9.46. The van der Waals surface area contributed by atoms with Gasteiger partial charge in [0, 0.05) is 30.9 Å². The summed E-state index contributed by atoms with van der Waals surface area (Å²) >= 11 is 5.85. The number of rotatable bonds is 5. The lowest BCUT2D eigenvalue weighted by atomic mass is 10.1. The standard InChI is InChI=1S/C11H17ClN2/c1-9(2)11(6-12)14-8-10-4-3-5-13-7-10/h3-5,7,9,11,14H,6,8H2,1-2H3. The Bertz CT molecular complexity index is 249. The maximum absolute atomic E-state index is 5.85. The molecule has 0 amide bonds. The van der Waals surface area contributed by atoms with E-state index in [0.717, 1.165) is 6.54 Å². The van der Waals surface area contributed by atoms with Crippen LogP contribution in [-0.2, 0) is 6.54 Å². The zero-order valence-electron chi connectivity index (χ0n) is 8.70. The summed E-state index contributed by atoms with van der Waals surface area (Å²) in [6.07, 6.45) is 3.66. The number of nitrogens with one attached hydrogen (secondary N) is 1. The molecule has 1 aromatic rings. The van der Waals surface area contributed by atoms with Crippen LogP contribution in [0.5, 0.6) is 0 Å². The van der Waals surface area contributed by atoms with Crippen LogP contribution < -0.4 is 5.32 Å². The Morgan fingerprint density at radius 1 is 1.50 bits per heavy atom. The van der Waals surface area contributed by atoms with Gasteiger partial charge in [0.15, 0.2) is 0 Å². The maximum Gasteiger partial charge on any atom is 0.0380 e. The molecule has 1 atom stereocenters. The molecule has 1 N–H and O–H groups in total. The van der Waals surface area contributed by atoms with Gasteiger partial charge in [0.1, 0.15) is 0 Å². The third kappa shape index (κ3) is 3.64. The fourth-order valence-electron chi connectivity index (χ4n) is 1.22. The van der Waals surface area contributed by atoms with Crippen LogP contribution in [0.15, 0.2) is 24.5 Å². The van der Waals surface area contributed by atoms with E-state index in [1.54, 1.807) is 6.20 Å². The number of nitrogens with zero attached hydrogens (tertiary/aromatic N) is 1. The molecule has 0 aliphatic rings. The van der Waals surface area contributed by atoms with Gasteiger partial charge < -0.3 is 5.32 Å². The highest BCUT2D eigenvalue weighted by molar-refractivity contribution is 6.18. The topological polar surface area (TPSA) is 24.9 Å². The van der Waals surface area contributed by atoms with Gasteiger partial charge in [0.2, 0.25) is 0 Å². The zero-order chi connectivity index (χ0) is 10.4. The second-order valence-electron chi connectivity index (χ2n) is 3.75. The Hall–Kier alpha value is -0.600. The second-order valence-corrected chi connectivity index (χ2v) is 4.06. The molecule has 1 unspecified atom stereocenters. The van der Waals surface area contributed by atoms with Crippen LogP contribution >= 0.6 is 11.6 Å². The average Bonchev–Trinajstić information content (AvgIpc) is 2.20. The van der Waals surface area contributed by atoms with Crippen LogP contribution in [0.3, 0.4) is 0 Å². The van der Waals surface area contributed by atoms with E-state index in [1.807, 2.05) is 12.3 Å². The van der Waals surface area contributed by atoms with Crippen LogP contribution in [0.4, 0.5) is 0 Å². The predicted octanol–water partition coefficient (Wildman–Crippen LogP) is 2.43. The number of aromatic nitrogens is 1. The fraction of sp³-hybridized carbons (Fsp3) is 0.545. The van der Waals surface area contributed by atoms with Crippen molar-refractivity contribution >= 4 is 11.6 Å². The molecule has 0 aromatic carbocycles. The lowest BCUT2D eigenvalue weighted by molar-refractivity contribution is 0.430. The van der Waals surface area contributed by atoms with Crippen molar-refractivity contribution in [3.63, 3.8) is 0 Å². The van der Waals surface area contributed by atoms with Gasteiger partial charge in [0.05, 0.1) is 0 Å². The largest absolute Gasteiger partial charge is 0.308 e. The highest BCUT2D eigenvalue weighted by atomic mass is 35.5. The molecule has 2 nitrogen and oxygen atoms in total. The van der Waals surface area contributed by atoms with Gasteiger partial charge in [0.25, 0.3) is 0 Å². The van der Waals surface area contributed by atoms with Gasteiger partial charge in [-0.2, -0.15) is 0 Å². The molecule has 3 heteroatoms. The Morgan fingerprint density at radius 2 is 2.29 bits per heavy atom. The van der Waals surface area contributed by atoms with Crippen molar-refractivity contribution in [1.82, 2.24) is 10.3 Å². The summed E-state index contributed by atoms with van der Waals surface area (Å²) in [5.41, 5.74) is 1.20. The molecule has 1 rings (SSSR count). The van der Waals surface area contributed by atoms with Crippen molar-refractivity contribution in [2.75, 3.05) is 5.88 Å². The molecule has 0 aliphatic heterocycles. The van der Waals surface area contributed by atoms with E-state index in [-0.39, 0.29) is 0 Å². The Balaban J connectivity index is 2.40. The summed E-state index contributed by atoms with van der Waals surface area (Å²) in [6.45, 7) is 5.18.